The summed E-state index contributed by atoms with van der Waals surface area (Å²) in [7, 11) is -3.68. The number of aryl methyl sites for hydroxylation is 1. The summed E-state index contributed by atoms with van der Waals surface area (Å²) in [5, 5.41) is 10.9. The molecule has 9 heteroatoms. The number of rotatable bonds is 4. The SMILES string of the molecule is Cc1ccc(S(=O)(=O)N2CCC(CN)CC2)cc1[N+](=O)[O-].Cl. The standard InChI is InChI=1S/C13H19N3O4S.ClH/c1-10-2-3-12(8-13(10)16(17)18)21(19,20)15-6-4-11(9-14)5-7-15;/h2-3,8,11H,4-7,9,14H2,1H3;1H. The summed E-state index contributed by atoms with van der Waals surface area (Å²) in [6.07, 6.45) is 1.45. The molecule has 1 fully saturated rings. The van der Waals surface area contributed by atoms with E-state index in [0.29, 0.717) is 31.1 Å². The third-order valence-electron chi connectivity index (χ3n) is 3.92. The number of sulfonamides is 1. The van der Waals surface area contributed by atoms with Crippen LogP contribution in [0.2, 0.25) is 0 Å². The normalized spacial score (nSPS) is 17.0. The Morgan fingerprint density at radius 1 is 1.36 bits per heavy atom. The zero-order chi connectivity index (χ0) is 15.6. The van der Waals surface area contributed by atoms with Crippen LogP contribution in [0.25, 0.3) is 0 Å². The van der Waals surface area contributed by atoms with E-state index in [1.54, 1.807) is 6.92 Å². The first-order chi connectivity index (χ1) is 9.86. The summed E-state index contributed by atoms with van der Waals surface area (Å²) in [5.41, 5.74) is 5.87. The highest BCUT2D eigenvalue weighted by atomic mass is 35.5. The van der Waals surface area contributed by atoms with E-state index in [4.69, 9.17) is 5.73 Å². The first-order valence-corrected chi connectivity index (χ1v) is 8.25. The summed E-state index contributed by atoms with van der Waals surface area (Å²) in [5.74, 6) is 0.351. The van der Waals surface area contributed by atoms with E-state index in [0.717, 1.165) is 18.9 Å². The van der Waals surface area contributed by atoms with Crippen molar-refractivity contribution in [2.24, 2.45) is 11.7 Å². The van der Waals surface area contributed by atoms with Crippen molar-refractivity contribution in [1.29, 1.82) is 0 Å². The maximum absolute atomic E-state index is 12.5. The molecule has 0 aromatic heterocycles. The first-order valence-electron chi connectivity index (χ1n) is 6.81. The van der Waals surface area contributed by atoms with Gasteiger partial charge in [-0.3, -0.25) is 10.1 Å². The Kier molecular flexibility index (Phi) is 6.30. The molecule has 1 saturated heterocycles. The fourth-order valence-corrected chi connectivity index (χ4v) is 3.97. The lowest BCUT2D eigenvalue weighted by Crippen LogP contribution is -2.40. The van der Waals surface area contributed by atoms with Crippen LogP contribution in [0.4, 0.5) is 5.69 Å². The third-order valence-corrected chi connectivity index (χ3v) is 5.82. The lowest BCUT2D eigenvalue weighted by Gasteiger charge is -2.30. The highest BCUT2D eigenvalue weighted by Gasteiger charge is 2.30. The van der Waals surface area contributed by atoms with Gasteiger partial charge in [-0.15, -0.1) is 12.4 Å². The van der Waals surface area contributed by atoms with Gasteiger partial charge in [0.15, 0.2) is 0 Å². The van der Waals surface area contributed by atoms with Gasteiger partial charge in [0.25, 0.3) is 5.69 Å². The molecule has 1 aliphatic rings. The van der Waals surface area contributed by atoms with Gasteiger partial charge in [-0.1, -0.05) is 6.07 Å². The second kappa shape index (κ2) is 7.36. The summed E-state index contributed by atoms with van der Waals surface area (Å²) < 4.78 is 26.5. The monoisotopic (exact) mass is 349 g/mol. The van der Waals surface area contributed by atoms with Crippen molar-refractivity contribution in [2.45, 2.75) is 24.7 Å². The summed E-state index contributed by atoms with van der Waals surface area (Å²) >= 11 is 0. The van der Waals surface area contributed by atoms with Gasteiger partial charge in [0, 0.05) is 24.7 Å². The topological polar surface area (TPSA) is 107 Å². The summed E-state index contributed by atoms with van der Waals surface area (Å²) in [6.45, 7) is 2.96. The number of hydrogen-bond donors (Lipinski definition) is 1. The minimum Gasteiger partial charge on any atom is -0.330 e. The molecule has 0 amide bonds. The molecule has 2 N–H and O–H groups in total. The number of benzene rings is 1. The zero-order valence-corrected chi connectivity index (χ0v) is 13.9. The van der Waals surface area contributed by atoms with E-state index < -0.39 is 14.9 Å². The van der Waals surface area contributed by atoms with Crippen LogP contribution in [0.5, 0.6) is 0 Å². The minimum atomic E-state index is -3.68. The number of halogens is 1. The van der Waals surface area contributed by atoms with Crippen LogP contribution in [0, 0.1) is 23.0 Å². The average molecular weight is 350 g/mol. The maximum Gasteiger partial charge on any atom is 0.273 e. The molecule has 2 rings (SSSR count). The Morgan fingerprint density at radius 3 is 2.45 bits per heavy atom. The molecule has 22 heavy (non-hydrogen) atoms. The van der Waals surface area contributed by atoms with Crippen molar-refractivity contribution in [3.63, 3.8) is 0 Å². The lowest BCUT2D eigenvalue weighted by molar-refractivity contribution is -0.385. The molecule has 0 bridgehead atoms. The smallest absolute Gasteiger partial charge is 0.273 e. The van der Waals surface area contributed by atoms with Gasteiger partial charge in [0.05, 0.1) is 9.82 Å². The molecule has 1 aromatic rings. The van der Waals surface area contributed by atoms with E-state index in [-0.39, 0.29) is 23.0 Å². The maximum atomic E-state index is 12.5. The van der Waals surface area contributed by atoms with Crippen molar-refractivity contribution in [1.82, 2.24) is 4.31 Å². The molecule has 0 aliphatic carbocycles. The van der Waals surface area contributed by atoms with Gasteiger partial charge in [-0.05, 0) is 38.3 Å². The van der Waals surface area contributed by atoms with Gasteiger partial charge >= 0.3 is 0 Å². The molecule has 1 aliphatic heterocycles. The Balaban J connectivity index is 0.00000242. The number of nitrogens with two attached hydrogens (primary N) is 1. The molecule has 0 spiro atoms. The Bertz CT molecular complexity index is 643. The lowest BCUT2D eigenvalue weighted by atomic mass is 9.99. The van der Waals surface area contributed by atoms with Crippen molar-refractivity contribution in [2.75, 3.05) is 19.6 Å². The van der Waals surface area contributed by atoms with E-state index in [9.17, 15) is 18.5 Å². The van der Waals surface area contributed by atoms with Gasteiger partial charge in [-0.25, -0.2) is 8.42 Å². The molecule has 0 radical (unpaired) electrons. The van der Waals surface area contributed by atoms with Crippen molar-refractivity contribution in [3.05, 3.63) is 33.9 Å². The molecule has 1 aromatic carbocycles. The highest BCUT2D eigenvalue weighted by Crippen LogP contribution is 2.27. The van der Waals surface area contributed by atoms with E-state index in [1.807, 2.05) is 0 Å². The first kappa shape index (κ1) is 18.8. The predicted molar refractivity (Wildman–Crippen MR) is 85.6 cm³/mol. The van der Waals surface area contributed by atoms with Crippen molar-refractivity contribution < 1.29 is 13.3 Å². The fraction of sp³-hybridized carbons (Fsp3) is 0.538. The van der Waals surface area contributed by atoms with E-state index in [1.165, 1.54) is 16.4 Å². The number of piperidine rings is 1. The van der Waals surface area contributed by atoms with E-state index >= 15 is 0 Å². The second-order valence-electron chi connectivity index (χ2n) is 5.29. The molecule has 0 saturated carbocycles. The molecule has 1 heterocycles. The minimum absolute atomic E-state index is 0. The second-order valence-corrected chi connectivity index (χ2v) is 7.23. The molecule has 124 valence electrons. The van der Waals surface area contributed by atoms with Gasteiger partial charge < -0.3 is 5.73 Å². The number of nitro groups is 1. The van der Waals surface area contributed by atoms with Crippen LogP contribution in [0.1, 0.15) is 18.4 Å². The van der Waals surface area contributed by atoms with Crippen LogP contribution >= 0.6 is 12.4 Å². The Labute approximate surface area is 136 Å². The number of hydrogen-bond acceptors (Lipinski definition) is 5. The number of nitro benzene ring substituents is 1. The Morgan fingerprint density at radius 2 is 1.95 bits per heavy atom. The zero-order valence-electron chi connectivity index (χ0n) is 12.3. The predicted octanol–water partition coefficient (Wildman–Crippen LogP) is 1.68. The van der Waals surface area contributed by atoms with Crippen molar-refractivity contribution >= 4 is 28.1 Å². The van der Waals surface area contributed by atoms with Crippen LogP contribution in [0.3, 0.4) is 0 Å². The third kappa shape index (κ3) is 3.75. The largest absolute Gasteiger partial charge is 0.330 e. The molecule has 7 nitrogen and oxygen atoms in total. The molecular formula is C13H20ClN3O4S. The highest BCUT2D eigenvalue weighted by molar-refractivity contribution is 7.89. The average Bonchev–Trinajstić information content (AvgIpc) is 2.47. The van der Waals surface area contributed by atoms with Gasteiger partial charge in [0.2, 0.25) is 10.0 Å². The van der Waals surface area contributed by atoms with Crippen molar-refractivity contribution in [3.8, 4) is 0 Å². The molecule has 0 atom stereocenters. The van der Waals surface area contributed by atoms with Gasteiger partial charge in [-0.2, -0.15) is 4.31 Å². The van der Waals surface area contributed by atoms with Crippen LogP contribution in [-0.2, 0) is 10.0 Å². The molecule has 0 unspecified atom stereocenters. The fourth-order valence-electron chi connectivity index (χ4n) is 2.48. The quantitative estimate of drug-likeness (QED) is 0.657. The molecular weight excluding hydrogens is 330 g/mol. The van der Waals surface area contributed by atoms with Crippen LogP contribution in [-0.4, -0.2) is 37.3 Å². The van der Waals surface area contributed by atoms with Crippen LogP contribution < -0.4 is 5.73 Å². The summed E-state index contributed by atoms with van der Waals surface area (Å²) in [6, 6.07) is 4.03. The number of nitrogens with zero attached hydrogens (tertiary/aromatic N) is 2. The van der Waals surface area contributed by atoms with E-state index in [2.05, 4.69) is 0 Å². The summed E-state index contributed by atoms with van der Waals surface area (Å²) in [4.78, 5) is 10.4. The Hall–Kier alpha value is -1.22. The van der Waals surface area contributed by atoms with Gasteiger partial charge in [0.1, 0.15) is 0 Å². The van der Waals surface area contributed by atoms with Crippen LogP contribution in [0.15, 0.2) is 23.1 Å².